The molecule has 2 aliphatic heterocycles. The van der Waals surface area contributed by atoms with Gasteiger partial charge in [0.25, 0.3) is 5.91 Å². The van der Waals surface area contributed by atoms with E-state index in [0.717, 1.165) is 67.9 Å². The molecule has 0 saturated carbocycles. The molecule has 174 valence electrons. The first-order valence-corrected chi connectivity index (χ1v) is 11.9. The topological polar surface area (TPSA) is 70.8 Å². The van der Waals surface area contributed by atoms with E-state index in [1.54, 1.807) is 12.0 Å². The van der Waals surface area contributed by atoms with E-state index < -0.39 is 6.10 Å². The van der Waals surface area contributed by atoms with Crippen molar-refractivity contribution in [2.45, 2.75) is 58.7 Å². The molecule has 7 heteroatoms. The molecule has 1 saturated heterocycles. The van der Waals surface area contributed by atoms with Gasteiger partial charge in [0.15, 0.2) is 5.69 Å². The van der Waals surface area contributed by atoms with Crippen molar-refractivity contribution in [2.24, 2.45) is 5.92 Å². The van der Waals surface area contributed by atoms with Gasteiger partial charge in [-0.2, -0.15) is 5.10 Å². The van der Waals surface area contributed by atoms with Crippen LogP contribution in [-0.4, -0.2) is 70.0 Å². The first-order chi connectivity index (χ1) is 15.5. The van der Waals surface area contributed by atoms with Gasteiger partial charge in [0.2, 0.25) is 0 Å². The Bertz CT molecular complexity index is 941. The molecule has 2 aromatic rings. The van der Waals surface area contributed by atoms with E-state index >= 15 is 0 Å². The molecule has 2 atom stereocenters. The van der Waals surface area contributed by atoms with Gasteiger partial charge < -0.3 is 14.7 Å². The van der Waals surface area contributed by atoms with Gasteiger partial charge in [0.1, 0.15) is 5.75 Å². The van der Waals surface area contributed by atoms with Crippen LogP contribution in [0.5, 0.6) is 5.75 Å². The molecule has 7 nitrogen and oxygen atoms in total. The van der Waals surface area contributed by atoms with Crippen molar-refractivity contribution >= 4 is 5.91 Å². The Hall–Kier alpha value is -2.38. The van der Waals surface area contributed by atoms with Crippen LogP contribution in [0.3, 0.4) is 0 Å². The van der Waals surface area contributed by atoms with Gasteiger partial charge in [-0.15, -0.1) is 0 Å². The zero-order valence-electron chi connectivity index (χ0n) is 19.6. The van der Waals surface area contributed by atoms with Crippen molar-refractivity contribution in [2.75, 3.05) is 33.3 Å². The molecule has 0 bridgehead atoms. The van der Waals surface area contributed by atoms with E-state index in [1.165, 1.54) is 0 Å². The van der Waals surface area contributed by atoms with Crippen LogP contribution in [0, 0.1) is 5.92 Å². The lowest BCUT2D eigenvalue weighted by molar-refractivity contribution is 0.0466. The Balaban J connectivity index is 1.64. The van der Waals surface area contributed by atoms with E-state index in [9.17, 15) is 9.90 Å². The first kappa shape index (κ1) is 22.8. The second-order valence-corrected chi connectivity index (χ2v) is 9.33. The lowest BCUT2D eigenvalue weighted by Crippen LogP contribution is -2.43. The number of rotatable bonds is 7. The number of aliphatic hydroxyl groups excluding tert-OH is 1. The summed E-state index contributed by atoms with van der Waals surface area (Å²) in [5.41, 5.74) is 3.89. The van der Waals surface area contributed by atoms with Crippen LogP contribution in [0.15, 0.2) is 24.3 Å². The fourth-order valence-electron chi connectivity index (χ4n) is 4.81. The van der Waals surface area contributed by atoms with Crippen LogP contribution in [0.4, 0.5) is 0 Å². The number of piperidine rings is 1. The van der Waals surface area contributed by atoms with Crippen LogP contribution >= 0.6 is 0 Å². The summed E-state index contributed by atoms with van der Waals surface area (Å²) in [4.78, 5) is 17.7. The summed E-state index contributed by atoms with van der Waals surface area (Å²) in [6.07, 6.45) is 3.19. The SMILES string of the molecule is CCC(C)CN1CCc2c(c(C(=O)N3CCCC(O)C3)nn2Cc2cccc(OC)c2)C1. The van der Waals surface area contributed by atoms with Gasteiger partial charge in [-0.1, -0.05) is 32.4 Å². The number of β-amino-alcohol motifs (C(OH)–C–C–N with tert-alkyl or cyclic N) is 1. The molecule has 0 spiro atoms. The summed E-state index contributed by atoms with van der Waals surface area (Å²) in [6.45, 7) is 8.98. The van der Waals surface area contributed by atoms with E-state index in [2.05, 4.69) is 24.8 Å². The quantitative estimate of drug-likeness (QED) is 0.717. The van der Waals surface area contributed by atoms with Crippen molar-refractivity contribution in [1.82, 2.24) is 19.6 Å². The van der Waals surface area contributed by atoms with Gasteiger partial charge in [-0.25, -0.2) is 0 Å². The summed E-state index contributed by atoms with van der Waals surface area (Å²) in [6, 6.07) is 8.01. The van der Waals surface area contributed by atoms with E-state index in [-0.39, 0.29) is 5.91 Å². The molecule has 1 aromatic heterocycles. The fraction of sp³-hybridized carbons (Fsp3) is 0.600. The van der Waals surface area contributed by atoms with Gasteiger partial charge >= 0.3 is 0 Å². The Labute approximate surface area is 191 Å². The molecule has 32 heavy (non-hydrogen) atoms. The largest absolute Gasteiger partial charge is 0.497 e. The van der Waals surface area contributed by atoms with E-state index in [0.29, 0.717) is 31.2 Å². The molecule has 2 aliphatic rings. The predicted molar refractivity (Wildman–Crippen MR) is 124 cm³/mol. The summed E-state index contributed by atoms with van der Waals surface area (Å²) >= 11 is 0. The van der Waals surface area contributed by atoms with Crippen molar-refractivity contribution in [1.29, 1.82) is 0 Å². The standard InChI is InChI=1S/C25H36N4O3/c1-4-18(2)14-27-12-10-23-22(17-27)24(25(31)28-11-6-8-20(30)16-28)26-29(23)15-19-7-5-9-21(13-19)32-3/h5,7,9,13,18,20,30H,4,6,8,10-12,14-17H2,1-3H3. The summed E-state index contributed by atoms with van der Waals surface area (Å²) in [5.74, 6) is 1.40. The normalized spacial score (nSPS) is 20.1. The summed E-state index contributed by atoms with van der Waals surface area (Å²) in [7, 11) is 1.67. The smallest absolute Gasteiger partial charge is 0.274 e. The molecule has 2 unspecified atom stereocenters. The predicted octanol–water partition coefficient (Wildman–Crippen LogP) is 2.94. The van der Waals surface area contributed by atoms with Gasteiger partial charge in [-0.05, 0) is 36.5 Å². The minimum Gasteiger partial charge on any atom is -0.497 e. The highest BCUT2D eigenvalue weighted by Gasteiger charge is 2.32. The highest BCUT2D eigenvalue weighted by Crippen LogP contribution is 2.27. The molecule has 1 fully saturated rings. The molecule has 0 radical (unpaired) electrons. The molecular formula is C25H36N4O3. The molecular weight excluding hydrogens is 404 g/mol. The van der Waals surface area contributed by atoms with E-state index in [4.69, 9.17) is 9.84 Å². The average molecular weight is 441 g/mol. The number of methoxy groups -OCH3 is 1. The average Bonchev–Trinajstić information content (AvgIpc) is 3.16. The molecule has 1 aromatic carbocycles. The second-order valence-electron chi connectivity index (χ2n) is 9.33. The highest BCUT2D eigenvalue weighted by molar-refractivity contribution is 5.94. The third-order valence-corrected chi connectivity index (χ3v) is 6.83. The third kappa shape index (κ3) is 4.99. The first-order valence-electron chi connectivity index (χ1n) is 11.9. The Morgan fingerprint density at radius 3 is 2.94 bits per heavy atom. The molecule has 4 rings (SSSR count). The number of carbonyl (C=O) groups excluding carboxylic acids is 1. The monoisotopic (exact) mass is 440 g/mol. The molecule has 3 heterocycles. The van der Waals surface area contributed by atoms with Gasteiger partial charge in [0, 0.05) is 50.4 Å². The second kappa shape index (κ2) is 10.0. The number of nitrogens with zero attached hydrogens (tertiary/aromatic N) is 4. The number of aromatic nitrogens is 2. The minimum absolute atomic E-state index is 0.0465. The number of ether oxygens (including phenoxy) is 1. The van der Waals surface area contributed by atoms with E-state index in [1.807, 2.05) is 22.9 Å². The van der Waals surface area contributed by atoms with Crippen LogP contribution in [0.2, 0.25) is 0 Å². The van der Waals surface area contributed by atoms with Crippen molar-refractivity contribution in [3.05, 3.63) is 46.8 Å². The Morgan fingerprint density at radius 2 is 2.19 bits per heavy atom. The van der Waals surface area contributed by atoms with Crippen LogP contribution < -0.4 is 4.74 Å². The highest BCUT2D eigenvalue weighted by atomic mass is 16.5. The zero-order chi connectivity index (χ0) is 22.7. The maximum atomic E-state index is 13.5. The summed E-state index contributed by atoms with van der Waals surface area (Å²) < 4.78 is 7.39. The fourth-order valence-corrected chi connectivity index (χ4v) is 4.81. The number of benzene rings is 1. The maximum Gasteiger partial charge on any atom is 0.274 e. The third-order valence-electron chi connectivity index (χ3n) is 6.83. The zero-order valence-corrected chi connectivity index (χ0v) is 19.6. The van der Waals surface area contributed by atoms with Crippen LogP contribution in [0.25, 0.3) is 0 Å². The molecule has 0 aliphatic carbocycles. The molecule has 1 N–H and O–H groups in total. The van der Waals surface area contributed by atoms with Crippen molar-refractivity contribution in [3.63, 3.8) is 0 Å². The van der Waals surface area contributed by atoms with Crippen molar-refractivity contribution < 1.29 is 14.6 Å². The van der Waals surface area contributed by atoms with Gasteiger partial charge in [0.05, 0.1) is 19.8 Å². The lowest BCUT2D eigenvalue weighted by atomic mass is 10.0. The number of likely N-dealkylation sites (tertiary alicyclic amines) is 1. The number of carbonyl (C=O) groups is 1. The number of amides is 1. The molecule has 1 amide bonds. The lowest BCUT2D eigenvalue weighted by Gasteiger charge is -2.31. The minimum atomic E-state index is -0.440. The van der Waals surface area contributed by atoms with Crippen LogP contribution in [0.1, 0.15) is 60.4 Å². The number of hydrogen-bond acceptors (Lipinski definition) is 5. The Kier molecular flexibility index (Phi) is 7.16. The number of fused-ring (bicyclic) bond motifs is 1. The van der Waals surface area contributed by atoms with Crippen LogP contribution in [-0.2, 0) is 19.5 Å². The van der Waals surface area contributed by atoms with Crippen molar-refractivity contribution in [3.8, 4) is 5.75 Å². The number of aliphatic hydroxyl groups is 1. The summed E-state index contributed by atoms with van der Waals surface area (Å²) in [5, 5.41) is 14.9. The number of hydrogen-bond donors (Lipinski definition) is 1. The Morgan fingerprint density at radius 1 is 1.34 bits per heavy atom. The maximum absolute atomic E-state index is 13.5. The van der Waals surface area contributed by atoms with Gasteiger partial charge in [-0.3, -0.25) is 14.4 Å².